The van der Waals surface area contributed by atoms with Crippen LogP contribution in [-0.2, 0) is 26.3 Å². The third kappa shape index (κ3) is 7.27. The third-order valence-electron chi connectivity index (χ3n) is 4.82. The normalized spacial score (nSPS) is 14.7. The second-order valence-corrected chi connectivity index (χ2v) is 9.47. The second-order valence-electron chi connectivity index (χ2n) is 7.31. The van der Waals surface area contributed by atoms with Crippen LogP contribution in [-0.4, -0.2) is 38.4 Å². The van der Waals surface area contributed by atoms with E-state index in [9.17, 15) is 18.0 Å². The smallest absolute Gasteiger partial charge is 0.410 e. The molecule has 12 heteroatoms. The predicted octanol–water partition coefficient (Wildman–Crippen LogP) is 3.60. The van der Waals surface area contributed by atoms with Crippen LogP contribution >= 0.6 is 23.2 Å². The molecule has 1 heterocycles. The summed E-state index contributed by atoms with van der Waals surface area (Å²) in [6.45, 7) is 0.838. The summed E-state index contributed by atoms with van der Waals surface area (Å²) in [4.78, 5) is 26.4. The number of ether oxygens (including phenoxy) is 1. The van der Waals surface area contributed by atoms with Gasteiger partial charge in [0.15, 0.2) is 0 Å². The van der Waals surface area contributed by atoms with E-state index in [0.29, 0.717) is 47.2 Å². The van der Waals surface area contributed by atoms with Crippen molar-refractivity contribution in [2.45, 2.75) is 19.4 Å². The lowest BCUT2D eigenvalue weighted by molar-refractivity contribution is -0.121. The number of carbonyl (C=O) groups excluding carboxylic acids is 2. The van der Waals surface area contributed by atoms with Gasteiger partial charge in [0.25, 0.3) is 10.2 Å². The molecule has 2 aromatic rings. The quantitative estimate of drug-likeness (QED) is 0.557. The number of piperidine rings is 1. The number of likely N-dealkylation sites (tertiary alicyclic amines) is 1. The summed E-state index contributed by atoms with van der Waals surface area (Å²) < 4.78 is 29.5. The Hall–Kier alpha value is -2.53. The Balaban J connectivity index is 1.45. The molecule has 2 aromatic carbocycles. The molecule has 0 bridgehead atoms. The average molecular weight is 501 g/mol. The monoisotopic (exact) mass is 500 g/mol. The lowest BCUT2D eigenvalue weighted by atomic mass is 9.96. The molecule has 1 aliphatic rings. The van der Waals surface area contributed by atoms with Crippen LogP contribution in [0.4, 0.5) is 16.2 Å². The summed E-state index contributed by atoms with van der Waals surface area (Å²) in [6, 6.07) is 11.1. The molecular weight excluding hydrogens is 479 g/mol. The highest BCUT2D eigenvalue weighted by atomic mass is 35.5. The number of amides is 2. The molecule has 172 valence electrons. The standard InChI is InChI=1S/C20H22Cl2N4O5S/c21-15-9-13(10-16(22)11-15)12-31-20(28)26-7-5-14(6-8-26)19(27)24-17-1-3-18(4-2-17)25-32(23,29)30/h1-4,9-11,14,25H,5-8,12H2,(H,24,27)(H2,23,29,30). The van der Waals surface area contributed by atoms with Gasteiger partial charge in [-0.25, -0.2) is 9.93 Å². The van der Waals surface area contributed by atoms with Crippen molar-refractivity contribution >= 4 is 56.8 Å². The summed E-state index contributed by atoms with van der Waals surface area (Å²) in [5, 5.41) is 8.64. The molecule has 0 saturated carbocycles. The van der Waals surface area contributed by atoms with Crippen LogP contribution in [0, 0.1) is 5.92 Å². The number of nitrogens with one attached hydrogen (secondary N) is 2. The highest BCUT2D eigenvalue weighted by Gasteiger charge is 2.28. The van der Waals surface area contributed by atoms with Crippen LogP contribution in [0.25, 0.3) is 0 Å². The van der Waals surface area contributed by atoms with Gasteiger partial charge < -0.3 is 15.0 Å². The summed E-state index contributed by atoms with van der Waals surface area (Å²) in [5.41, 5.74) is 1.50. The Morgan fingerprint density at radius 3 is 2.16 bits per heavy atom. The fourth-order valence-electron chi connectivity index (χ4n) is 3.29. The fraction of sp³-hybridized carbons (Fsp3) is 0.300. The van der Waals surface area contributed by atoms with Gasteiger partial charge in [-0.3, -0.25) is 9.52 Å². The number of hydrogen-bond donors (Lipinski definition) is 3. The number of rotatable bonds is 6. The third-order valence-corrected chi connectivity index (χ3v) is 5.78. The molecule has 0 radical (unpaired) electrons. The molecule has 0 atom stereocenters. The molecule has 9 nitrogen and oxygen atoms in total. The zero-order chi connectivity index (χ0) is 23.3. The van der Waals surface area contributed by atoms with Gasteiger partial charge in [0, 0.05) is 40.4 Å². The number of nitrogens with two attached hydrogens (primary N) is 1. The molecule has 2 amide bonds. The van der Waals surface area contributed by atoms with E-state index in [2.05, 4.69) is 10.0 Å². The molecule has 3 rings (SSSR count). The van der Waals surface area contributed by atoms with Gasteiger partial charge in [-0.2, -0.15) is 8.42 Å². The molecule has 0 unspecified atom stereocenters. The number of benzene rings is 2. The van der Waals surface area contributed by atoms with E-state index in [1.54, 1.807) is 35.2 Å². The van der Waals surface area contributed by atoms with E-state index >= 15 is 0 Å². The molecule has 1 fully saturated rings. The lowest BCUT2D eigenvalue weighted by Gasteiger charge is -2.30. The van der Waals surface area contributed by atoms with Crippen molar-refractivity contribution in [1.29, 1.82) is 0 Å². The van der Waals surface area contributed by atoms with Crippen molar-refractivity contribution in [3.63, 3.8) is 0 Å². The number of nitrogens with zero attached hydrogens (tertiary/aromatic N) is 1. The van der Waals surface area contributed by atoms with Gasteiger partial charge in [-0.15, -0.1) is 0 Å². The van der Waals surface area contributed by atoms with Crippen molar-refractivity contribution in [1.82, 2.24) is 4.90 Å². The van der Waals surface area contributed by atoms with E-state index in [1.807, 2.05) is 0 Å². The summed E-state index contributed by atoms with van der Waals surface area (Å²) in [7, 11) is -3.86. The molecule has 4 N–H and O–H groups in total. The number of carbonyl (C=O) groups is 2. The largest absolute Gasteiger partial charge is 0.445 e. The van der Waals surface area contributed by atoms with Crippen LogP contribution in [0.2, 0.25) is 10.0 Å². The van der Waals surface area contributed by atoms with Gasteiger partial charge >= 0.3 is 6.09 Å². The number of anilines is 2. The van der Waals surface area contributed by atoms with Crippen molar-refractivity contribution in [3.05, 3.63) is 58.1 Å². The Morgan fingerprint density at radius 2 is 1.59 bits per heavy atom. The van der Waals surface area contributed by atoms with Crippen LogP contribution in [0.3, 0.4) is 0 Å². The van der Waals surface area contributed by atoms with Crippen LogP contribution in [0.5, 0.6) is 0 Å². The van der Waals surface area contributed by atoms with E-state index in [0.717, 1.165) is 0 Å². The Bertz CT molecular complexity index is 1070. The number of hydrogen-bond acceptors (Lipinski definition) is 5. The summed E-state index contributed by atoms with van der Waals surface area (Å²) >= 11 is 11.9. The van der Waals surface area contributed by atoms with Crippen molar-refractivity contribution in [3.8, 4) is 0 Å². The van der Waals surface area contributed by atoms with Gasteiger partial charge in [0.05, 0.1) is 0 Å². The van der Waals surface area contributed by atoms with E-state index < -0.39 is 16.3 Å². The Kier molecular flexibility index (Phi) is 7.83. The van der Waals surface area contributed by atoms with Crippen LogP contribution in [0.15, 0.2) is 42.5 Å². The second kappa shape index (κ2) is 10.4. The SMILES string of the molecule is NS(=O)(=O)Nc1ccc(NC(=O)C2CCN(C(=O)OCc3cc(Cl)cc(Cl)c3)CC2)cc1. The molecular formula is C20H22Cl2N4O5S. The van der Waals surface area contributed by atoms with E-state index in [-0.39, 0.29) is 24.1 Å². The summed E-state index contributed by atoms with van der Waals surface area (Å²) in [6.07, 6.45) is 0.530. The van der Waals surface area contributed by atoms with E-state index in [1.165, 1.54) is 12.1 Å². The topological polar surface area (TPSA) is 131 Å². The zero-order valence-corrected chi connectivity index (χ0v) is 19.2. The first-order chi connectivity index (χ1) is 15.1. The zero-order valence-electron chi connectivity index (χ0n) is 16.9. The van der Waals surface area contributed by atoms with Gasteiger partial charge in [-0.05, 0) is 60.9 Å². The number of halogens is 2. The highest BCUT2D eigenvalue weighted by Crippen LogP contribution is 2.23. The predicted molar refractivity (Wildman–Crippen MR) is 123 cm³/mol. The molecule has 32 heavy (non-hydrogen) atoms. The van der Waals surface area contributed by atoms with Crippen molar-refractivity contribution in [2.24, 2.45) is 11.1 Å². The van der Waals surface area contributed by atoms with Crippen LogP contribution < -0.4 is 15.2 Å². The molecule has 0 aliphatic carbocycles. The Labute approximate surface area is 196 Å². The maximum absolute atomic E-state index is 12.5. The van der Waals surface area contributed by atoms with E-state index in [4.69, 9.17) is 33.1 Å². The average Bonchev–Trinajstić information content (AvgIpc) is 2.72. The minimum atomic E-state index is -3.86. The Morgan fingerprint density at radius 1 is 1.03 bits per heavy atom. The maximum atomic E-state index is 12.5. The molecule has 0 aromatic heterocycles. The van der Waals surface area contributed by atoms with Crippen molar-refractivity contribution in [2.75, 3.05) is 23.1 Å². The van der Waals surface area contributed by atoms with Crippen LogP contribution in [0.1, 0.15) is 18.4 Å². The molecule has 1 saturated heterocycles. The summed E-state index contributed by atoms with van der Waals surface area (Å²) in [5.74, 6) is -0.424. The fourth-order valence-corrected chi connectivity index (χ4v) is 4.32. The van der Waals surface area contributed by atoms with Gasteiger partial charge in [0.2, 0.25) is 5.91 Å². The highest BCUT2D eigenvalue weighted by molar-refractivity contribution is 7.90. The van der Waals surface area contributed by atoms with Gasteiger partial charge in [0.1, 0.15) is 6.61 Å². The lowest BCUT2D eigenvalue weighted by Crippen LogP contribution is -2.41. The van der Waals surface area contributed by atoms with Crippen molar-refractivity contribution < 1.29 is 22.7 Å². The minimum absolute atomic E-state index is 0.0514. The molecule has 1 aliphatic heterocycles. The first-order valence-electron chi connectivity index (χ1n) is 9.67. The minimum Gasteiger partial charge on any atom is -0.445 e. The maximum Gasteiger partial charge on any atom is 0.410 e. The first-order valence-corrected chi connectivity index (χ1v) is 12.0. The van der Waals surface area contributed by atoms with Gasteiger partial charge in [-0.1, -0.05) is 23.2 Å². The molecule has 0 spiro atoms. The first kappa shape index (κ1) is 24.1.